The molecular formula is C24H22ClN3O3. The van der Waals surface area contributed by atoms with Crippen molar-refractivity contribution < 1.29 is 14.4 Å². The predicted octanol–water partition coefficient (Wildman–Crippen LogP) is 3.19. The minimum absolute atomic E-state index is 0.0854. The summed E-state index contributed by atoms with van der Waals surface area (Å²) in [6.45, 7) is 3.17. The molecule has 0 radical (unpaired) electrons. The van der Waals surface area contributed by atoms with Crippen LogP contribution in [0, 0.1) is 11.8 Å². The van der Waals surface area contributed by atoms with Gasteiger partial charge in [-0.3, -0.25) is 19.3 Å². The van der Waals surface area contributed by atoms with E-state index in [0.717, 1.165) is 24.1 Å². The number of para-hydroxylation sites is 2. The summed E-state index contributed by atoms with van der Waals surface area (Å²) in [4.78, 5) is 46.8. The Hall–Kier alpha value is -2.70. The Balaban J connectivity index is 1.59. The van der Waals surface area contributed by atoms with E-state index in [0.29, 0.717) is 23.8 Å². The first-order chi connectivity index (χ1) is 15.0. The third-order valence-electron chi connectivity index (χ3n) is 7.55. The Morgan fingerprint density at radius 3 is 2.45 bits per heavy atom. The van der Waals surface area contributed by atoms with Gasteiger partial charge in [-0.25, -0.2) is 4.90 Å². The lowest BCUT2D eigenvalue weighted by Crippen LogP contribution is -2.56. The molecule has 7 heteroatoms. The molecule has 6 rings (SSSR count). The van der Waals surface area contributed by atoms with Gasteiger partial charge in [0.2, 0.25) is 11.8 Å². The minimum Gasteiger partial charge on any atom is -0.310 e. The maximum absolute atomic E-state index is 14.0. The maximum atomic E-state index is 14.0. The van der Waals surface area contributed by atoms with E-state index < -0.39 is 17.4 Å². The van der Waals surface area contributed by atoms with Crippen LogP contribution in [-0.4, -0.2) is 41.8 Å². The van der Waals surface area contributed by atoms with Crippen molar-refractivity contribution in [1.29, 1.82) is 0 Å². The first kappa shape index (κ1) is 19.0. The van der Waals surface area contributed by atoms with Crippen LogP contribution in [0.15, 0.2) is 48.5 Å². The number of likely N-dealkylation sites (N-methyl/N-ethyl adjacent to an activating group) is 1. The number of fused-ring (bicyclic) bond motifs is 7. The Morgan fingerprint density at radius 2 is 1.71 bits per heavy atom. The lowest BCUT2D eigenvalue weighted by Gasteiger charge is -2.37. The van der Waals surface area contributed by atoms with Gasteiger partial charge < -0.3 is 4.90 Å². The molecule has 4 aliphatic rings. The summed E-state index contributed by atoms with van der Waals surface area (Å²) >= 11 is 6.38. The van der Waals surface area contributed by atoms with Crippen molar-refractivity contribution in [2.24, 2.45) is 11.8 Å². The molecule has 3 fully saturated rings. The average Bonchev–Trinajstić information content (AvgIpc) is 3.47. The van der Waals surface area contributed by atoms with Gasteiger partial charge in [0.25, 0.3) is 5.91 Å². The molecular weight excluding hydrogens is 414 g/mol. The molecule has 0 N–H and O–H groups in total. The number of amides is 3. The average molecular weight is 436 g/mol. The molecule has 1 spiro atoms. The molecule has 0 saturated carbocycles. The summed E-state index contributed by atoms with van der Waals surface area (Å²) in [5, 5.41) is 0.356. The first-order valence-corrected chi connectivity index (χ1v) is 11.2. The second kappa shape index (κ2) is 6.40. The van der Waals surface area contributed by atoms with Crippen LogP contribution < -0.4 is 9.80 Å². The quantitative estimate of drug-likeness (QED) is 0.680. The fraction of sp³-hybridized carbons (Fsp3) is 0.375. The van der Waals surface area contributed by atoms with Gasteiger partial charge in [-0.15, -0.1) is 0 Å². The minimum atomic E-state index is -1.12. The van der Waals surface area contributed by atoms with E-state index in [1.165, 1.54) is 4.90 Å². The van der Waals surface area contributed by atoms with Crippen LogP contribution >= 0.6 is 11.6 Å². The number of anilines is 2. The molecule has 0 bridgehead atoms. The van der Waals surface area contributed by atoms with Gasteiger partial charge in [0.05, 0.1) is 22.5 Å². The van der Waals surface area contributed by atoms with Crippen molar-refractivity contribution in [3.05, 3.63) is 59.1 Å². The molecule has 158 valence electrons. The standard InChI is InChI=1S/C24H22ClN3O3/c1-2-26-16-10-5-3-8-14(16)24(23(26)31)20-19(18-12-7-13-27(18)24)21(29)28(22(20)30)17-11-6-4-9-15(17)25/h3-6,8-11,18-20H,2,7,12-13H2,1H3/t18-,19-,20-,24-/m0/s1. The highest BCUT2D eigenvalue weighted by atomic mass is 35.5. The molecule has 0 unspecified atom stereocenters. The molecule has 3 saturated heterocycles. The maximum Gasteiger partial charge on any atom is 0.253 e. The summed E-state index contributed by atoms with van der Waals surface area (Å²) in [7, 11) is 0. The van der Waals surface area contributed by atoms with Crippen molar-refractivity contribution in [3.63, 3.8) is 0 Å². The van der Waals surface area contributed by atoms with Gasteiger partial charge in [0.1, 0.15) is 5.54 Å². The van der Waals surface area contributed by atoms with Crippen LogP contribution in [0.4, 0.5) is 11.4 Å². The van der Waals surface area contributed by atoms with Gasteiger partial charge >= 0.3 is 0 Å². The van der Waals surface area contributed by atoms with Crippen molar-refractivity contribution in [1.82, 2.24) is 4.90 Å². The van der Waals surface area contributed by atoms with E-state index in [-0.39, 0.29) is 23.8 Å². The van der Waals surface area contributed by atoms with Gasteiger partial charge in [-0.05, 0) is 44.5 Å². The number of hydrogen-bond donors (Lipinski definition) is 0. The second-order valence-electron chi connectivity index (χ2n) is 8.70. The summed E-state index contributed by atoms with van der Waals surface area (Å²) in [5.41, 5.74) is 0.974. The van der Waals surface area contributed by atoms with Crippen LogP contribution in [0.1, 0.15) is 25.3 Å². The van der Waals surface area contributed by atoms with E-state index in [4.69, 9.17) is 11.6 Å². The number of nitrogens with zero attached hydrogens (tertiary/aromatic N) is 3. The molecule has 4 heterocycles. The Labute approximate surface area is 185 Å². The number of imide groups is 1. The highest BCUT2D eigenvalue weighted by Crippen LogP contribution is 2.62. The SMILES string of the molecule is CCN1C(=O)[C@]2(c3ccccc31)[C@@H]1C(=O)N(c3ccccc3Cl)C(=O)[C@H]1[C@@H]1CCCN12. The lowest BCUT2D eigenvalue weighted by molar-refractivity contribution is -0.137. The molecule has 3 amide bonds. The number of halogens is 1. The second-order valence-corrected chi connectivity index (χ2v) is 9.11. The molecule has 2 aromatic carbocycles. The monoisotopic (exact) mass is 435 g/mol. The third kappa shape index (κ3) is 2.10. The highest BCUT2D eigenvalue weighted by Gasteiger charge is 2.75. The van der Waals surface area contributed by atoms with Crippen molar-refractivity contribution in [2.45, 2.75) is 31.3 Å². The van der Waals surface area contributed by atoms with Gasteiger partial charge in [0.15, 0.2) is 0 Å². The summed E-state index contributed by atoms with van der Waals surface area (Å²) in [6, 6.07) is 14.5. The first-order valence-electron chi connectivity index (χ1n) is 10.8. The number of rotatable bonds is 2. The molecule has 4 aliphatic heterocycles. The zero-order chi connectivity index (χ0) is 21.5. The van der Waals surface area contributed by atoms with Crippen molar-refractivity contribution in [2.75, 3.05) is 22.9 Å². The Bertz CT molecular complexity index is 1150. The Kier molecular flexibility index (Phi) is 3.93. The van der Waals surface area contributed by atoms with E-state index in [1.807, 2.05) is 31.2 Å². The molecule has 2 aromatic rings. The summed E-state index contributed by atoms with van der Waals surface area (Å²) in [5.74, 6) is -1.93. The van der Waals surface area contributed by atoms with Gasteiger partial charge in [-0.2, -0.15) is 0 Å². The van der Waals surface area contributed by atoms with Crippen LogP contribution in [-0.2, 0) is 19.9 Å². The van der Waals surface area contributed by atoms with Crippen LogP contribution in [0.5, 0.6) is 0 Å². The smallest absolute Gasteiger partial charge is 0.253 e. The van der Waals surface area contributed by atoms with Gasteiger partial charge in [0, 0.05) is 23.8 Å². The Morgan fingerprint density at radius 1 is 1.00 bits per heavy atom. The highest BCUT2D eigenvalue weighted by molar-refractivity contribution is 6.36. The largest absolute Gasteiger partial charge is 0.310 e. The summed E-state index contributed by atoms with van der Waals surface area (Å²) in [6.07, 6.45) is 1.71. The van der Waals surface area contributed by atoms with E-state index >= 15 is 0 Å². The lowest BCUT2D eigenvalue weighted by atomic mass is 9.75. The van der Waals surface area contributed by atoms with Crippen LogP contribution in [0.3, 0.4) is 0 Å². The molecule has 31 heavy (non-hydrogen) atoms. The summed E-state index contributed by atoms with van der Waals surface area (Å²) < 4.78 is 0. The van der Waals surface area contributed by atoms with Crippen molar-refractivity contribution in [3.8, 4) is 0 Å². The van der Waals surface area contributed by atoms with E-state index in [9.17, 15) is 14.4 Å². The van der Waals surface area contributed by atoms with Crippen molar-refractivity contribution >= 4 is 40.7 Å². The number of carbonyl (C=O) groups is 3. The zero-order valence-corrected chi connectivity index (χ0v) is 17.9. The number of carbonyl (C=O) groups excluding carboxylic acids is 3. The van der Waals surface area contributed by atoms with Crippen LogP contribution in [0.25, 0.3) is 0 Å². The zero-order valence-electron chi connectivity index (χ0n) is 17.1. The van der Waals surface area contributed by atoms with Gasteiger partial charge in [-0.1, -0.05) is 41.9 Å². The number of benzene rings is 2. The molecule has 4 atom stereocenters. The molecule has 0 aromatic heterocycles. The molecule has 6 nitrogen and oxygen atoms in total. The fourth-order valence-electron chi connectivity index (χ4n) is 6.52. The van der Waals surface area contributed by atoms with E-state index in [1.54, 1.807) is 29.2 Å². The third-order valence-corrected chi connectivity index (χ3v) is 7.87. The molecule has 0 aliphatic carbocycles. The topological polar surface area (TPSA) is 60.9 Å². The normalized spacial score (nSPS) is 31.7. The van der Waals surface area contributed by atoms with E-state index in [2.05, 4.69) is 4.90 Å². The fourth-order valence-corrected chi connectivity index (χ4v) is 6.75. The predicted molar refractivity (Wildman–Crippen MR) is 117 cm³/mol. The van der Waals surface area contributed by atoms with Crippen LogP contribution in [0.2, 0.25) is 5.02 Å². The number of hydrogen-bond acceptors (Lipinski definition) is 4.